The molecule has 5 atom stereocenters. The zero-order chi connectivity index (χ0) is 22.5. The van der Waals surface area contributed by atoms with E-state index in [4.69, 9.17) is 4.74 Å². The molecular weight excluding hydrogens is 412 g/mol. The average molecular weight is 438 g/mol. The molecule has 1 aliphatic rings. The van der Waals surface area contributed by atoms with E-state index in [9.17, 15) is 24.9 Å². The number of carbonyl (C=O) groups is 2. The summed E-state index contributed by atoms with van der Waals surface area (Å²) in [6.07, 6.45) is -2.40. The van der Waals surface area contributed by atoms with Crippen LogP contribution in [0.5, 0.6) is 0 Å². The molecule has 2 aromatic rings. The number of nitrogens with zero attached hydrogens (tertiary/aromatic N) is 4. The number of anilines is 1. The van der Waals surface area contributed by atoms with Crippen LogP contribution in [0.2, 0.25) is 0 Å². The van der Waals surface area contributed by atoms with Crippen LogP contribution >= 0.6 is 0 Å². The van der Waals surface area contributed by atoms with Crippen molar-refractivity contribution >= 4 is 28.8 Å². The van der Waals surface area contributed by atoms with Crippen LogP contribution in [0.4, 0.5) is 5.82 Å². The van der Waals surface area contributed by atoms with Crippen LogP contribution < -0.4 is 16.0 Å². The largest absolute Gasteiger partial charge is 0.394 e. The van der Waals surface area contributed by atoms with E-state index in [0.29, 0.717) is 11.2 Å². The maximum absolute atomic E-state index is 12.3. The zero-order valence-electron chi connectivity index (χ0n) is 17.0. The standard InChI is InChI=1S/C17H26N8O6/c1-18-3-10(28)25(2)4-9(27)23-11-8(5-26)31-17(14(30)13(11)29)24-16-12-15(20-6-19-12)21-7-22-16/h6-8,11,13-14,17-18,26,29-30H,3-5H2,1-2H3,(H,23,27)(H2,19,20,21,22,24)/t8-,11-,13+,14-,17-/m0/s1. The van der Waals surface area contributed by atoms with Gasteiger partial charge in [-0.1, -0.05) is 0 Å². The van der Waals surface area contributed by atoms with Gasteiger partial charge in [0.25, 0.3) is 0 Å². The highest BCUT2D eigenvalue weighted by Gasteiger charge is 2.45. The summed E-state index contributed by atoms with van der Waals surface area (Å²) in [4.78, 5) is 40.3. The van der Waals surface area contributed by atoms with Gasteiger partial charge in [-0.15, -0.1) is 0 Å². The van der Waals surface area contributed by atoms with Crippen molar-refractivity contribution in [3.8, 4) is 0 Å². The molecule has 0 saturated carbocycles. The molecule has 2 aromatic heterocycles. The lowest BCUT2D eigenvalue weighted by atomic mass is 9.95. The van der Waals surface area contributed by atoms with E-state index >= 15 is 0 Å². The molecule has 1 fully saturated rings. The summed E-state index contributed by atoms with van der Waals surface area (Å²) in [5, 5.41) is 38.9. The lowest BCUT2D eigenvalue weighted by molar-refractivity contribution is -0.185. The SMILES string of the molecule is CNCC(=O)N(C)CC(=O)N[C@@H]1[C@@H](O)[C@H](O)[C@@H](Nc2ncnc3nc[nH]c23)O[C@H]1CO. The number of fused-ring (bicyclic) bond motifs is 1. The maximum Gasteiger partial charge on any atom is 0.240 e. The first kappa shape index (κ1) is 22.8. The second-order valence-corrected chi connectivity index (χ2v) is 7.10. The number of nitrogens with one attached hydrogen (secondary N) is 4. The van der Waals surface area contributed by atoms with E-state index in [1.165, 1.54) is 24.6 Å². The highest BCUT2D eigenvalue weighted by Crippen LogP contribution is 2.24. The molecule has 3 rings (SSSR count). The van der Waals surface area contributed by atoms with Crippen molar-refractivity contribution in [1.29, 1.82) is 0 Å². The molecule has 3 heterocycles. The van der Waals surface area contributed by atoms with Crippen molar-refractivity contribution < 1.29 is 29.6 Å². The molecule has 0 spiro atoms. The predicted molar refractivity (Wildman–Crippen MR) is 107 cm³/mol. The second-order valence-electron chi connectivity index (χ2n) is 7.10. The van der Waals surface area contributed by atoms with Crippen LogP contribution in [0.25, 0.3) is 11.2 Å². The van der Waals surface area contributed by atoms with E-state index in [1.54, 1.807) is 7.05 Å². The third kappa shape index (κ3) is 5.05. The van der Waals surface area contributed by atoms with Crippen LogP contribution in [-0.2, 0) is 14.3 Å². The van der Waals surface area contributed by atoms with E-state index in [-0.39, 0.29) is 24.8 Å². The number of aliphatic hydroxyl groups excluding tert-OH is 3. The van der Waals surface area contributed by atoms with Gasteiger partial charge in [-0.2, -0.15) is 0 Å². The predicted octanol–water partition coefficient (Wildman–Crippen LogP) is -3.63. The van der Waals surface area contributed by atoms with Crippen molar-refractivity contribution in [3.63, 3.8) is 0 Å². The third-order valence-corrected chi connectivity index (χ3v) is 4.89. The monoisotopic (exact) mass is 438 g/mol. The third-order valence-electron chi connectivity index (χ3n) is 4.89. The molecule has 14 nitrogen and oxygen atoms in total. The summed E-state index contributed by atoms with van der Waals surface area (Å²) < 4.78 is 5.68. The summed E-state index contributed by atoms with van der Waals surface area (Å²) in [5.74, 6) is -0.592. The number of aromatic amines is 1. The lowest BCUT2D eigenvalue weighted by Gasteiger charge is -2.42. The smallest absolute Gasteiger partial charge is 0.240 e. The molecule has 31 heavy (non-hydrogen) atoms. The number of carbonyl (C=O) groups excluding carboxylic acids is 2. The van der Waals surface area contributed by atoms with Gasteiger partial charge in [-0.25, -0.2) is 15.0 Å². The summed E-state index contributed by atoms with van der Waals surface area (Å²) in [7, 11) is 3.07. The van der Waals surface area contributed by atoms with Gasteiger partial charge in [-0.05, 0) is 7.05 Å². The number of imidazole rings is 1. The first-order valence-corrected chi connectivity index (χ1v) is 9.56. The number of aromatic nitrogens is 4. The Kier molecular flexibility index (Phi) is 7.29. The summed E-state index contributed by atoms with van der Waals surface area (Å²) in [6.45, 7) is -0.736. The van der Waals surface area contributed by atoms with E-state index < -0.39 is 43.1 Å². The van der Waals surface area contributed by atoms with Gasteiger partial charge < -0.3 is 45.9 Å². The molecule has 2 amide bonds. The number of hydrogen-bond acceptors (Lipinski definition) is 11. The molecule has 14 heteroatoms. The minimum Gasteiger partial charge on any atom is -0.394 e. The second kappa shape index (κ2) is 9.93. The average Bonchev–Trinajstić information content (AvgIpc) is 3.23. The highest BCUT2D eigenvalue weighted by atomic mass is 16.5. The molecule has 7 N–H and O–H groups in total. The fraction of sp³-hybridized carbons (Fsp3) is 0.588. The minimum atomic E-state index is -1.47. The van der Waals surface area contributed by atoms with E-state index in [1.807, 2.05) is 0 Å². The Morgan fingerprint density at radius 2 is 2.03 bits per heavy atom. The molecule has 0 aromatic carbocycles. The minimum absolute atomic E-state index is 0.0664. The Morgan fingerprint density at radius 3 is 2.74 bits per heavy atom. The van der Waals surface area contributed by atoms with Gasteiger partial charge in [0.05, 0.1) is 32.1 Å². The van der Waals surface area contributed by atoms with E-state index in [2.05, 4.69) is 35.9 Å². The Labute approximate surface area is 177 Å². The number of aliphatic hydroxyl groups is 3. The molecule has 0 aliphatic carbocycles. The van der Waals surface area contributed by atoms with Crippen LogP contribution in [0.3, 0.4) is 0 Å². The molecule has 1 aliphatic heterocycles. The molecule has 170 valence electrons. The van der Waals surface area contributed by atoms with Gasteiger partial charge >= 0.3 is 0 Å². The van der Waals surface area contributed by atoms with Crippen LogP contribution in [0.1, 0.15) is 0 Å². The van der Waals surface area contributed by atoms with Gasteiger partial charge in [0.15, 0.2) is 17.7 Å². The summed E-state index contributed by atoms with van der Waals surface area (Å²) in [6, 6.07) is -1.10. The quantitative estimate of drug-likeness (QED) is 0.215. The van der Waals surface area contributed by atoms with Gasteiger partial charge in [0.1, 0.15) is 30.2 Å². The van der Waals surface area contributed by atoms with E-state index in [0.717, 1.165) is 0 Å². The molecule has 0 bridgehead atoms. The fourth-order valence-corrected chi connectivity index (χ4v) is 3.25. The topological polar surface area (TPSA) is 198 Å². The Morgan fingerprint density at radius 1 is 1.26 bits per heavy atom. The number of ether oxygens (including phenoxy) is 1. The Balaban J connectivity index is 1.67. The highest BCUT2D eigenvalue weighted by molar-refractivity contribution is 5.85. The van der Waals surface area contributed by atoms with Crippen molar-refractivity contribution in [2.45, 2.75) is 30.6 Å². The first-order chi connectivity index (χ1) is 14.8. The normalized spacial score (nSPS) is 25.9. The number of hydrogen-bond donors (Lipinski definition) is 7. The number of H-pyrrole nitrogens is 1. The van der Waals surface area contributed by atoms with Gasteiger partial charge in [-0.3, -0.25) is 9.59 Å². The molecular formula is C17H26N8O6. The maximum atomic E-state index is 12.3. The van der Waals surface area contributed by atoms with Gasteiger partial charge in [0.2, 0.25) is 11.8 Å². The van der Waals surface area contributed by atoms with Crippen LogP contribution in [-0.4, -0.2) is 116 Å². The Hall–Kier alpha value is -2.91. The molecule has 1 saturated heterocycles. The van der Waals surface area contributed by atoms with Crippen molar-refractivity contribution in [1.82, 2.24) is 35.5 Å². The Bertz CT molecular complexity index is 908. The first-order valence-electron chi connectivity index (χ1n) is 9.56. The van der Waals surface area contributed by atoms with Crippen molar-refractivity contribution in [3.05, 3.63) is 12.7 Å². The lowest BCUT2D eigenvalue weighted by Crippen LogP contribution is -2.66. The molecule has 0 radical (unpaired) electrons. The van der Waals surface area contributed by atoms with Crippen molar-refractivity contribution in [2.75, 3.05) is 39.1 Å². The van der Waals surface area contributed by atoms with Crippen LogP contribution in [0.15, 0.2) is 12.7 Å². The number of likely N-dealkylation sites (N-methyl/N-ethyl adjacent to an activating group) is 2. The fourth-order valence-electron chi connectivity index (χ4n) is 3.25. The van der Waals surface area contributed by atoms with Crippen LogP contribution in [0, 0.1) is 0 Å². The summed E-state index contributed by atoms with van der Waals surface area (Å²) >= 11 is 0. The summed E-state index contributed by atoms with van der Waals surface area (Å²) in [5.41, 5.74) is 0.863. The number of rotatable bonds is 8. The number of amides is 2. The van der Waals surface area contributed by atoms with Crippen molar-refractivity contribution in [2.24, 2.45) is 0 Å². The zero-order valence-corrected chi connectivity index (χ0v) is 17.0. The molecule has 0 unspecified atom stereocenters. The van der Waals surface area contributed by atoms with Gasteiger partial charge in [0, 0.05) is 7.05 Å².